The van der Waals surface area contributed by atoms with Crippen LogP contribution in [0.5, 0.6) is 5.75 Å². The van der Waals surface area contributed by atoms with Gasteiger partial charge < -0.3 is 25.5 Å². The van der Waals surface area contributed by atoms with Gasteiger partial charge in [-0.05, 0) is 12.8 Å². The number of rotatable bonds is 3. The first-order valence-electron chi connectivity index (χ1n) is 7.57. The summed E-state index contributed by atoms with van der Waals surface area (Å²) in [6.07, 6.45) is 2.20. The van der Waals surface area contributed by atoms with Gasteiger partial charge in [-0.1, -0.05) is 0 Å². The highest BCUT2D eigenvalue weighted by atomic mass is 19.2. The Morgan fingerprint density at radius 3 is 2.42 bits per heavy atom. The van der Waals surface area contributed by atoms with Crippen LogP contribution in [-0.4, -0.2) is 31.6 Å². The summed E-state index contributed by atoms with van der Waals surface area (Å²) in [5.74, 6) is -6.51. The Labute approximate surface area is 142 Å². The molecule has 4 rings (SSSR count). The van der Waals surface area contributed by atoms with E-state index in [4.69, 9.17) is 5.73 Å². The number of halogens is 2. The third kappa shape index (κ3) is 1.95. The number of benzene rings is 1. The van der Waals surface area contributed by atoms with E-state index in [1.165, 1.54) is 4.57 Å². The van der Waals surface area contributed by atoms with Gasteiger partial charge in [0, 0.05) is 12.2 Å². The fraction of sp³-hybridized carbons (Fsp3) is 0.188. The number of aromatic hydroxyl groups is 1. The molecule has 0 atom stereocenters. The first-order chi connectivity index (χ1) is 12.2. The van der Waals surface area contributed by atoms with Crippen LogP contribution in [0.4, 0.5) is 8.78 Å². The quantitative estimate of drug-likeness (QED) is 0.560. The predicted octanol–water partition coefficient (Wildman–Crippen LogP) is 1.60. The standard InChI is InChI=1S/C16H11F2N3O5/c17-8-6-10(20-11(14(6)23)15(19)24)7-12(9(8)18)21(4-1-2-4)3-5(13(7)22)16(25)26/h3-4,20,23H,1-2H2,(H2,19,24)(H,25,26). The average molecular weight is 363 g/mol. The normalized spacial score (nSPS) is 14.2. The van der Waals surface area contributed by atoms with Crippen molar-refractivity contribution in [3.63, 3.8) is 0 Å². The lowest BCUT2D eigenvalue weighted by Crippen LogP contribution is -2.20. The molecule has 1 aliphatic carbocycles. The smallest absolute Gasteiger partial charge is 0.341 e. The van der Waals surface area contributed by atoms with Gasteiger partial charge in [0.2, 0.25) is 5.43 Å². The van der Waals surface area contributed by atoms with E-state index in [0.29, 0.717) is 12.8 Å². The highest BCUT2D eigenvalue weighted by Gasteiger charge is 2.32. The number of nitrogens with one attached hydrogen (secondary N) is 1. The fourth-order valence-electron chi connectivity index (χ4n) is 3.16. The molecule has 1 saturated carbocycles. The van der Waals surface area contributed by atoms with Crippen molar-refractivity contribution in [3.05, 3.63) is 39.3 Å². The van der Waals surface area contributed by atoms with E-state index in [1.54, 1.807) is 0 Å². The van der Waals surface area contributed by atoms with Crippen molar-refractivity contribution < 1.29 is 28.6 Å². The van der Waals surface area contributed by atoms with Crippen LogP contribution in [0.15, 0.2) is 11.0 Å². The minimum atomic E-state index is -1.53. The van der Waals surface area contributed by atoms with Crippen LogP contribution in [0, 0.1) is 11.6 Å². The van der Waals surface area contributed by atoms with Crippen LogP contribution in [0.1, 0.15) is 39.7 Å². The molecule has 0 radical (unpaired) electrons. The molecule has 134 valence electrons. The highest BCUT2D eigenvalue weighted by Crippen LogP contribution is 2.41. The molecule has 1 aromatic carbocycles. The Kier molecular flexibility index (Phi) is 3.11. The number of nitrogens with zero attached hydrogens (tertiary/aromatic N) is 1. The number of pyridine rings is 1. The van der Waals surface area contributed by atoms with Crippen LogP contribution in [0.25, 0.3) is 21.8 Å². The van der Waals surface area contributed by atoms with Gasteiger partial charge in [-0.2, -0.15) is 0 Å². The summed E-state index contributed by atoms with van der Waals surface area (Å²) in [6, 6.07) is -0.276. The SMILES string of the molecule is NC(=O)c1[nH]c2c(c1O)c(F)c(F)c1c2c(=O)c(C(=O)O)cn1C1CC1. The molecule has 0 unspecified atom stereocenters. The number of aromatic amines is 1. The molecular formula is C16H11F2N3O5. The molecule has 0 bridgehead atoms. The Hall–Kier alpha value is -3.43. The van der Waals surface area contributed by atoms with Crippen molar-refractivity contribution >= 4 is 33.7 Å². The first-order valence-corrected chi connectivity index (χ1v) is 7.57. The van der Waals surface area contributed by atoms with Gasteiger partial charge in [0.1, 0.15) is 11.3 Å². The zero-order valence-corrected chi connectivity index (χ0v) is 13.0. The van der Waals surface area contributed by atoms with Gasteiger partial charge in [-0.15, -0.1) is 0 Å². The van der Waals surface area contributed by atoms with Crippen LogP contribution < -0.4 is 11.2 Å². The highest BCUT2D eigenvalue weighted by molar-refractivity contribution is 6.12. The Bertz CT molecular complexity index is 1210. The second-order valence-electron chi connectivity index (χ2n) is 6.13. The van der Waals surface area contributed by atoms with Crippen molar-refractivity contribution in [3.8, 4) is 5.75 Å². The number of amides is 1. The number of hydrogen-bond acceptors (Lipinski definition) is 4. The van der Waals surface area contributed by atoms with Crippen molar-refractivity contribution in [1.29, 1.82) is 0 Å². The molecule has 2 heterocycles. The number of carbonyl (C=O) groups is 2. The minimum Gasteiger partial charge on any atom is -0.505 e. The van der Waals surface area contributed by atoms with E-state index in [1.807, 2.05) is 0 Å². The number of carbonyl (C=O) groups excluding carboxylic acids is 1. The molecule has 8 nitrogen and oxygen atoms in total. The summed E-state index contributed by atoms with van der Waals surface area (Å²) >= 11 is 0. The largest absolute Gasteiger partial charge is 0.505 e. The monoisotopic (exact) mass is 363 g/mol. The predicted molar refractivity (Wildman–Crippen MR) is 85.4 cm³/mol. The third-order valence-electron chi connectivity index (χ3n) is 4.50. The Balaban J connectivity index is 2.33. The molecule has 5 N–H and O–H groups in total. The number of H-pyrrole nitrogens is 1. The second-order valence-corrected chi connectivity index (χ2v) is 6.13. The van der Waals surface area contributed by atoms with Crippen molar-refractivity contribution in [2.75, 3.05) is 0 Å². The topological polar surface area (TPSA) is 138 Å². The number of fused-ring (bicyclic) bond motifs is 3. The summed E-state index contributed by atoms with van der Waals surface area (Å²) < 4.78 is 30.5. The van der Waals surface area contributed by atoms with Gasteiger partial charge in [0.15, 0.2) is 17.4 Å². The van der Waals surface area contributed by atoms with E-state index >= 15 is 0 Å². The Morgan fingerprint density at radius 1 is 1.23 bits per heavy atom. The molecule has 10 heteroatoms. The van der Waals surface area contributed by atoms with Crippen LogP contribution in [-0.2, 0) is 0 Å². The first kappa shape index (κ1) is 16.1. The number of aromatic carboxylic acids is 1. The van der Waals surface area contributed by atoms with E-state index in [0.717, 1.165) is 6.20 Å². The second kappa shape index (κ2) is 5.04. The summed E-state index contributed by atoms with van der Waals surface area (Å²) in [6.45, 7) is 0. The third-order valence-corrected chi connectivity index (χ3v) is 4.50. The molecule has 1 amide bonds. The molecule has 1 fully saturated rings. The summed E-state index contributed by atoms with van der Waals surface area (Å²) in [4.78, 5) is 37.8. The lowest BCUT2D eigenvalue weighted by Gasteiger charge is -2.13. The maximum absolute atomic E-state index is 14.8. The number of carboxylic acids is 1. The lowest BCUT2D eigenvalue weighted by molar-refractivity contribution is 0.0694. The molecule has 2 aromatic heterocycles. The molecular weight excluding hydrogens is 352 g/mol. The maximum Gasteiger partial charge on any atom is 0.341 e. The van der Waals surface area contributed by atoms with E-state index < -0.39 is 62.2 Å². The molecule has 1 aliphatic rings. The Morgan fingerprint density at radius 2 is 1.88 bits per heavy atom. The zero-order valence-electron chi connectivity index (χ0n) is 13.0. The van der Waals surface area contributed by atoms with Crippen LogP contribution in [0.2, 0.25) is 0 Å². The van der Waals surface area contributed by atoms with Crippen LogP contribution >= 0.6 is 0 Å². The van der Waals surface area contributed by atoms with Gasteiger partial charge in [0.25, 0.3) is 5.91 Å². The van der Waals surface area contributed by atoms with Gasteiger partial charge in [-0.25, -0.2) is 13.6 Å². The molecule has 3 aromatic rings. The fourth-order valence-corrected chi connectivity index (χ4v) is 3.16. The zero-order chi connectivity index (χ0) is 18.9. The van der Waals surface area contributed by atoms with Gasteiger partial charge in [-0.3, -0.25) is 9.59 Å². The summed E-state index contributed by atoms with van der Waals surface area (Å²) in [5.41, 5.74) is 1.98. The van der Waals surface area contributed by atoms with Crippen molar-refractivity contribution in [2.45, 2.75) is 18.9 Å². The molecule has 0 saturated heterocycles. The van der Waals surface area contributed by atoms with Crippen molar-refractivity contribution in [2.24, 2.45) is 5.73 Å². The number of primary amides is 1. The molecule has 0 aliphatic heterocycles. The number of aromatic nitrogens is 2. The van der Waals surface area contributed by atoms with E-state index in [9.17, 15) is 33.4 Å². The summed E-state index contributed by atoms with van der Waals surface area (Å²) in [7, 11) is 0. The molecule has 26 heavy (non-hydrogen) atoms. The minimum absolute atomic E-state index is 0.276. The van der Waals surface area contributed by atoms with Gasteiger partial charge in [0.05, 0.1) is 21.8 Å². The van der Waals surface area contributed by atoms with E-state index in [2.05, 4.69) is 4.98 Å². The van der Waals surface area contributed by atoms with Crippen molar-refractivity contribution in [1.82, 2.24) is 9.55 Å². The maximum atomic E-state index is 14.8. The van der Waals surface area contributed by atoms with Crippen LogP contribution in [0.3, 0.4) is 0 Å². The summed E-state index contributed by atoms with van der Waals surface area (Å²) in [5, 5.41) is 18.1. The number of hydrogen-bond donors (Lipinski definition) is 4. The number of carboxylic acid groups (broad SMARTS) is 1. The lowest BCUT2D eigenvalue weighted by atomic mass is 10.1. The molecule has 0 spiro atoms. The average Bonchev–Trinajstić information content (AvgIpc) is 3.35. The van der Waals surface area contributed by atoms with Gasteiger partial charge >= 0.3 is 5.97 Å². The van der Waals surface area contributed by atoms with E-state index in [-0.39, 0.29) is 11.6 Å². The number of nitrogens with two attached hydrogens (primary N) is 1.